The molecule has 0 spiro atoms. The normalized spacial score (nSPS) is 16.7. The first kappa shape index (κ1) is 35.3. The first-order valence-electron chi connectivity index (χ1n) is 17.3. The molecule has 0 aliphatic carbocycles. The van der Waals surface area contributed by atoms with Crippen LogP contribution in [0, 0.1) is 6.92 Å². The third-order valence-electron chi connectivity index (χ3n) is 9.13. The number of carbonyl (C=O) groups is 3. The van der Waals surface area contributed by atoms with E-state index in [0.29, 0.717) is 27.8 Å². The molecule has 8 rings (SSSR count). The Kier molecular flexibility index (Phi) is 10.00. The van der Waals surface area contributed by atoms with Gasteiger partial charge < -0.3 is 15.2 Å². The standard InChI is InChI=1S/C41H34N6O5S2/c1-25-22-31(47-41(43-25)44-36(45-47)40(50)52-35(28-18-10-4-11-19-28)29-20-12-5-13-21-29)53-23-30-24-54-38-32(42)37(48)46(38)33(30)39(49)51-34(26-14-6-2-7-15-26)27-16-8-3-9-17-27/h2-22,32,34-35,38H,23-24,42H2,1H3/t32-,38-/m1/s1. The average molecular weight is 755 g/mol. The van der Waals surface area contributed by atoms with Crippen LogP contribution in [0.25, 0.3) is 5.78 Å². The number of aryl methyl sites for hydroxylation is 1. The second kappa shape index (κ2) is 15.3. The molecular weight excluding hydrogens is 721 g/mol. The molecule has 6 aromatic rings. The van der Waals surface area contributed by atoms with Gasteiger partial charge in [0.15, 0.2) is 12.2 Å². The van der Waals surface area contributed by atoms with Crippen molar-refractivity contribution >= 4 is 47.1 Å². The number of nitrogens with zero attached hydrogens (tertiary/aromatic N) is 5. The molecule has 13 heteroatoms. The number of amides is 1. The van der Waals surface area contributed by atoms with E-state index in [1.54, 1.807) is 0 Å². The van der Waals surface area contributed by atoms with Crippen LogP contribution in [-0.4, -0.2) is 65.2 Å². The smallest absolute Gasteiger partial charge is 0.379 e. The molecule has 54 heavy (non-hydrogen) atoms. The van der Waals surface area contributed by atoms with E-state index in [9.17, 15) is 14.4 Å². The number of β-lactam (4-membered cyclic amide) rings is 1. The fraction of sp³-hybridized carbons (Fsp3) is 0.171. The van der Waals surface area contributed by atoms with Crippen LogP contribution < -0.4 is 5.73 Å². The summed E-state index contributed by atoms with van der Waals surface area (Å²) < 4.78 is 13.8. The summed E-state index contributed by atoms with van der Waals surface area (Å²) in [7, 11) is 0. The molecule has 1 saturated heterocycles. The zero-order valence-electron chi connectivity index (χ0n) is 29.0. The maximum absolute atomic E-state index is 14.2. The summed E-state index contributed by atoms with van der Waals surface area (Å²) in [6.45, 7) is 1.83. The van der Waals surface area contributed by atoms with Gasteiger partial charge in [-0.15, -0.1) is 28.6 Å². The minimum atomic E-state index is -0.703. The summed E-state index contributed by atoms with van der Waals surface area (Å²) in [5, 5.41) is 4.80. The number of hydrogen-bond donors (Lipinski definition) is 1. The van der Waals surface area contributed by atoms with Gasteiger partial charge in [0.2, 0.25) is 5.91 Å². The summed E-state index contributed by atoms with van der Waals surface area (Å²) in [4.78, 5) is 51.4. The van der Waals surface area contributed by atoms with Gasteiger partial charge in [0.1, 0.15) is 22.1 Å². The maximum Gasteiger partial charge on any atom is 0.379 e. The van der Waals surface area contributed by atoms with Crippen molar-refractivity contribution in [2.24, 2.45) is 5.73 Å². The van der Waals surface area contributed by atoms with Gasteiger partial charge in [0, 0.05) is 17.2 Å². The molecule has 4 aromatic carbocycles. The lowest BCUT2D eigenvalue weighted by atomic mass is 10.0. The molecule has 2 atom stereocenters. The van der Waals surface area contributed by atoms with Crippen molar-refractivity contribution < 1.29 is 23.9 Å². The Morgan fingerprint density at radius 3 is 1.81 bits per heavy atom. The molecule has 270 valence electrons. The van der Waals surface area contributed by atoms with Gasteiger partial charge in [0.05, 0.1) is 0 Å². The Hall–Kier alpha value is -5.76. The summed E-state index contributed by atoms with van der Waals surface area (Å²) >= 11 is 2.90. The first-order valence-corrected chi connectivity index (χ1v) is 19.3. The molecule has 0 unspecified atom stereocenters. The largest absolute Gasteiger partial charge is 0.448 e. The zero-order valence-corrected chi connectivity index (χ0v) is 30.7. The highest BCUT2D eigenvalue weighted by atomic mass is 32.2. The molecule has 2 aliphatic rings. The molecule has 0 saturated carbocycles. The summed E-state index contributed by atoms with van der Waals surface area (Å²) in [5.74, 6) is -0.779. The average Bonchev–Trinajstić information content (AvgIpc) is 3.66. The van der Waals surface area contributed by atoms with E-state index < -0.39 is 30.2 Å². The fourth-order valence-corrected chi connectivity index (χ4v) is 8.96. The quantitative estimate of drug-likeness (QED) is 0.0690. The van der Waals surface area contributed by atoms with E-state index in [1.807, 2.05) is 134 Å². The van der Waals surface area contributed by atoms with Gasteiger partial charge in [0.25, 0.3) is 11.6 Å². The highest BCUT2D eigenvalue weighted by molar-refractivity contribution is 8.01. The Labute approximate surface area is 319 Å². The predicted molar refractivity (Wildman–Crippen MR) is 205 cm³/mol. The second-order valence-electron chi connectivity index (χ2n) is 12.8. The zero-order chi connectivity index (χ0) is 37.2. The summed E-state index contributed by atoms with van der Waals surface area (Å²) in [6.07, 6.45) is -1.37. The molecule has 0 bridgehead atoms. The highest BCUT2D eigenvalue weighted by Crippen LogP contribution is 2.42. The molecule has 4 heterocycles. The van der Waals surface area contributed by atoms with Crippen molar-refractivity contribution in [3.8, 4) is 0 Å². The minimum Gasteiger partial charge on any atom is -0.448 e. The van der Waals surface area contributed by atoms with E-state index >= 15 is 0 Å². The van der Waals surface area contributed by atoms with Crippen LogP contribution in [0.1, 0.15) is 50.8 Å². The van der Waals surface area contributed by atoms with Gasteiger partial charge in [-0.2, -0.15) is 9.50 Å². The number of esters is 2. The van der Waals surface area contributed by atoms with E-state index in [1.165, 1.54) is 32.9 Å². The van der Waals surface area contributed by atoms with Crippen molar-refractivity contribution in [1.29, 1.82) is 0 Å². The Morgan fingerprint density at radius 2 is 1.30 bits per heavy atom. The molecule has 1 fully saturated rings. The number of ether oxygens (including phenoxy) is 2. The number of benzene rings is 4. The lowest BCUT2D eigenvalue weighted by Crippen LogP contribution is -2.68. The van der Waals surface area contributed by atoms with Gasteiger partial charge in [-0.25, -0.2) is 14.6 Å². The van der Waals surface area contributed by atoms with Crippen molar-refractivity contribution in [3.05, 3.63) is 172 Å². The predicted octanol–water partition coefficient (Wildman–Crippen LogP) is 6.30. The monoisotopic (exact) mass is 754 g/mol. The molecule has 1 amide bonds. The van der Waals surface area contributed by atoms with Gasteiger partial charge >= 0.3 is 11.9 Å². The van der Waals surface area contributed by atoms with Crippen molar-refractivity contribution in [1.82, 2.24) is 24.5 Å². The molecule has 2 aliphatic heterocycles. The number of nitrogens with two attached hydrogens (primary N) is 1. The number of thioether (sulfide) groups is 2. The van der Waals surface area contributed by atoms with Gasteiger partial charge in [-0.1, -0.05) is 121 Å². The van der Waals surface area contributed by atoms with Crippen LogP contribution >= 0.6 is 23.5 Å². The van der Waals surface area contributed by atoms with Crippen molar-refractivity contribution in [2.45, 2.75) is 35.6 Å². The van der Waals surface area contributed by atoms with E-state index in [2.05, 4.69) is 15.1 Å². The van der Waals surface area contributed by atoms with Crippen LogP contribution in [0.15, 0.2) is 144 Å². The topological polar surface area (TPSA) is 142 Å². The SMILES string of the molecule is Cc1cc(SCC2=C(C(=O)OC(c3ccccc3)c3ccccc3)N3C(=O)[C@@H](N)[C@H]3SC2)n2nc(C(=O)OC(c3ccccc3)c3ccccc3)nc2n1. The van der Waals surface area contributed by atoms with Crippen LogP contribution in [0.5, 0.6) is 0 Å². The van der Waals surface area contributed by atoms with Crippen LogP contribution in [0.3, 0.4) is 0 Å². The van der Waals surface area contributed by atoms with Crippen molar-refractivity contribution in [2.75, 3.05) is 11.5 Å². The Balaban J connectivity index is 1.08. The number of hydrogen-bond acceptors (Lipinski definition) is 11. The molecule has 2 N–H and O–H groups in total. The first-order chi connectivity index (χ1) is 26.4. The number of rotatable bonds is 11. The fourth-order valence-electron chi connectivity index (χ4n) is 6.47. The van der Waals surface area contributed by atoms with Crippen molar-refractivity contribution in [3.63, 3.8) is 0 Å². The lowest BCUT2D eigenvalue weighted by Gasteiger charge is -2.48. The maximum atomic E-state index is 14.2. The number of aromatic nitrogens is 4. The molecule has 2 aromatic heterocycles. The third kappa shape index (κ3) is 7.00. The van der Waals surface area contributed by atoms with Crippen LogP contribution in [-0.2, 0) is 19.1 Å². The van der Waals surface area contributed by atoms with E-state index in [4.69, 9.17) is 15.2 Å². The Bertz CT molecular complexity index is 2280. The molecular formula is C41H34N6O5S2. The number of carbonyl (C=O) groups excluding carboxylic acids is 3. The highest BCUT2D eigenvalue weighted by Gasteiger charge is 2.52. The minimum absolute atomic E-state index is 0.139. The number of fused-ring (bicyclic) bond motifs is 2. The molecule has 0 radical (unpaired) electrons. The van der Waals surface area contributed by atoms with Gasteiger partial charge in [-0.05, 0) is 40.8 Å². The van der Waals surface area contributed by atoms with E-state index in [-0.39, 0.29) is 28.6 Å². The second-order valence-corrected chi connectivity index (χ2v) is 14.9. The van der Waals surface area contributed by atoms with Crippen LogP contribution in [0.4, 0.5) is 0 Å². The Morgan fingerprint density at radius 1 is 0.796 bits per heavy atom. The summed E-state index contributed by atoms with van der Waals surface area (Å²) in [6, 6.07) is 39.1. The lowest BCUT2D eigenvalue weighted by molar-refractivity contribution is -0.153. The van der Waals surface area contributed by atoms with E-state index in [0.717, 1.165) is 22.3 Å². The molecule has 11 nitrogen and oxygen atoms in total. The third-order valence-corrected chi connectivity index (χ3v) is 11.6. The van der Waals surface area contributed by atoms with Gasteiger partial charge in [-0.3, -0.25) is 9.69 Å². The summed E-state index contributed by atoms with van der Waals surface area (Å²) in [5.41, 5.74) is 11.0. The van der Waals surface area contributed by atoms with Crippen LogP contribution in [0.2, 0.25) is 0 Å².